The van der Waals surface area contributed by atoms with Crippen molar-refractivity contribution < 1.29 is 14.2 Å². The van der Waals surface area contributed by atoms with Gasteiger partial charge in [0.15, 0.2) is 0 Å². The summed E-state index contributed by atoms with van der Waals surface area (Å²) in [5.74, 6) is 0. The summed E-state index contributed by atoms with van der Waals surface area (Å²) >= 11 is 5.82. The van der Waals surface area contributed by atoms with Crippen LogP contribution < -0.4 is 0 Å². The largest absolute Gasteiger partial charge is 0.382 e. The minimum atomic E-state index is 0.233. The van der Waals surface area contributed by atoms with E-state index in [0.717, 1.165) is 11.3 Å². The van der Waals surface area contributed by atoms with Crippen LogP contribution >= 0.6 is 11.6 Å². The van der Waals surface area contributed by atoms with Crippen LogP contribution in [-0.2, 0) is 20.8 Å². The third kappa shape index (κ3) is 5.42. The highest BCUT2D eigenvalue weighted by molar-refractivity contribution is 6.29. The van der Waals surface area contributed by atoms with Crippen molar-refractivity contribution in [3.05, 3.63) is 28.5 Å². The first-order valence-electron chi connectivity index (χ1n) is 5.00. The number of pyridine rings is 1. The molecule has 0 bridgehead atoms. The molecule has 4 nitrogen and oxygen atoms in total. The van der Waals surface area contributed by atoms with Crippen molar-refractivity contribution >= 4 is 11.6 Å². The zero-order chi connectivity index (χ0) is 11.8. The molecule has 5 heteroatoms. The molecule has 0 unspecified atom stereocenters. The zero-order valence-corrected chi connectivity index (χ0v) is 10.3. The van der Waals surface area contributed by atoms with Crippen molar-refractivity contribution in [3.63, 3.8) is 0 Å². The normalized spacial score (nSPS) is 10.7. The van der Waals surface area contributed by atoms with E-state index in [-0.39, 0.29) is 6.79 Å². The number of methoxy groups -OCH3 is 1. The lowest BCUT2D eigenvalue weighted by Gasteiger charge is -2.06. The van der Waals surface area contributed by atoms with Crippen LogP contribution in [-0.4, -0.2) is 32.1 Å². The lowest BCUT2D eigenvalue weighted by molar-refractivity contribution is -0.0732. The Labute approximate surface area is 100 Å². The molecule has 16 heavy (non-hydrogen) atoms. The number of ether oxygens (including phenoxy) is 3. The highest BCUT2D eigenvalue weighted by atomic mass is 35.5. The average Bonchev–Trinajstić information content (AvgIpc) is 2.22. The van der Waals surface area contributed by atoms with Crippen molar-refractivity contribution in [1.82, 2.24) is 4.98 Å². The molecule has 0 saturated carbocycles. The van der Waals surface area contributed by atoms with Crippen LogP contribution in [0, 0.1) is 6.92 Å². The monoisotopic (exact) mass is 245 g/mol. The summed E-state index contributed by atoms with van der Waals surface area (Å²) in [6.45, 7) is 3.69. The summed E-state index contributed by atoms with van der Waals surface area (Å²) in [5.41, 5.74) is 1.87. The Kier molecular flexibility index (Phi) is 6.33. The van der Waals surface area contributed by atoms with Crippen LogP contribution in [0.15, 0.2) is 12.1 Å². The molecule has 1 rings (SSSR count). The highest BCUT2D eigenvalue weighted by Gasteiger charge is 1.99. The maximum atomic E-state index is 5.82. The fourth-order valence-corrected chi connectivity index (χ4v) is 1.46. The van der Waals surface area contributed by atoms with Gasteiger partial charge in [-0.3, -0.25) is 0 Å². The highest BCUT2D eigenvalue weighted by Crippen LogP contribution is 2.10. The van der Waals surface area contributed by atoms with E-state index in [4.69, 9.17) is 25.8 Å². The molecular formula is C11H16ClNO3. The number of halogens is 1. The molecule has 1 aromatic rings. The van der Waals surface area contributed by atoms with Crippen LogP contribution in [0.25, 0.3) is 0 Å². The van der Waals surface area contributed by atoms with Gasteiger partial charge in [0.25, 0.3) is 0 Å². The predicted molar refractivity (Wildman–Crippen MR) is 61.5 cm³/mol. The van der Waals surface area contributed by atoms with Gasteiger partial charge >= 0.3 is 0 Å². The van der Waals surface area contributed by atoms with Gasteiger partial charge in [0.1, 0.15) is 11.9 Å². The number of aryl methyl sites for hydroxylation is 1. The van der Waals surface area contributed by atoms with E-state index in [9.17, 15) is 0 Å². The fourth-order valence-electron chi connectivity index (χ4n) is 1.17. The van der Waals surface area contributed by atoms with E-state index in [0.29, 0.717) is 25.0 Å². The number of aromatic nitrogens is 1. The third-order valence-corrected chi connectivity index (χ3v) is 2.03. The Morgan fingerprint density at radius 1 is 1.25 bits per heavy atom. The van der Waals surface area contributed by atoms with Crippen LogP contribution in [0.1, 0.15) is 11.3 Å². The van der Waals surface area contributed by atoms with Gasteiger partial charge in [-0.2, -0.15) is 0 Å². The molecule has 1 heterocycles. The molecule has 90 valence electrons. The summed E-state index contributed by atoms with van der Waals surface area (Å²) in [7, 11) is 1.63. The van der Waals surface area contributed by atoms with Crippen LogP contribution in [0.5, 0.6) is 0 Å². The van der Waals surface area contributed by atoms with Crippen molar-refractivity contribution in [1.29, 1.82) is 0 Å². The second-order valence-corrected chi connectivity index (χ2v) is 3.71. The lowest BCUT2D eigenvalue weighted by Crippen LogP contribution is -2.06. The summed E-state index contributed by atoms with van der Waals surface area (Å²) in [6.07, 6.45) is 0. The standard InChI is InChI=1S/C11H16ClNO3/c1-9-5-10(13-11(12)6-9)7-16-8-15-4-3-14-2/h5-6H,3-4,7-8H2,1-2H3. The summed E-state index contributed by atoms with van der Waals surface area (Å²) in [5, 5.41) is 0.485. The first-order chi connectivity index (χ1) is 7.72. The first-order valence-corrected chi connectivity index (χ1v) is 5.37. The van der Waals surface area contributed by atoms with Gasteiger partial charge in [-0.25, -0.2) is 4.98 Å². The van der Waals surface area contributed by atoms with Gasteiger partial charge in [0.05, 0.1) is 25.5 Å². The van der Waals surface area contributed by atoms with Gasteiger partial charge in [0, 0.05) is 7.11 Å². The van der Waals surface area contributed by atoms with Gasteiger partial charge in [0.2, 0.25) is 0 Å². The Bertz CT molecular complexity index is 300. The number of hydrogen-bond acceptors (Lipinski definition) is 4. The first kappa shape index (κ1) is 13.4. The zero-order valence-electron chi connectivity index (χ0n) is 9.53. The smallest absolute Gasteiger partial charge is 0.147 e. The topological polar surface area (TPSA) is 40.6 Å². The van der Waals surface area contributed by atoms with Crippen LogP contribution in [0.3, 0.4) is 0 Å². The molecular weight excluding hydrogens is 230 g/mol. The Hall–Kier alpha value is -0.680. The van der Waals surface area contributed by atoms with E-state index >= 15 is 0 Å². The second-order valence-electron chi connectivity index (χ2n) is 3.33. The molecule has 0 aromatic carbocycles. The number of hydrogen-bond donors (Lipinski definition) is 0. The van der Waals surface area contributed by atoms with Crippen LogP contribution in [0.4, 0.5) is 0 Å². The Balaban J connectivity index is 2.21. The van der Waals surface area contributed by atoms with E-state index < -0.39 is 0 Å². The van der Waals surface area contributed by atoms with Gasteiger partial charge < -0.3 is 14.2 Å². The van der Waals surface area contributed by atoms with E-state index in [1.54, 1.807) is 13.2 Å². The molecule has 0 aliphatic carbocycles. The molecule has 0 spiro atoms. The quantitative estimate of drug-likeness (QED) is 0.419. The molecule has 0 N–H and O–H groups in total. The summed E-state index contributed by atoms with van der Waals surface area (Å²) in [4.78, 5) is 4.13. The third-order valence-electron chi connectivity index (χ3n) is 1.84. The van der Waals surface area contributed by atoms with Crippen molar-refractivity contribution in [3.8, 4) is 0 Å². The predicted octanol–water partition coefficient (Wildman–Crippen LogP) is 2.18. The molecule has 0 atom stereocenters. The Morgan fingerprint density at radius 2 is 2.06 bits per heavy atom. The summed E-state index contributed by atoms with van der Waals surface area (Å²) in [6, 6.07) is 3.74. The van der Waals surface area contributed by atoms with Gasteiger partial charge in [-0.15, -0.1) is 0 Å². The molecule has 0 saturated heterocycles. The molecule has 0 radical (unpaired) electrons. The van der Waals surface area contributed by atoms with E-state index in [1.165, 1.54) is 0 Å². The van der Waals surface area contributed by atoms with E-state index in [2.05, 4.69) is 4.98 Å². The van der Waals surface area contributed by atoms with Crippen molar-refractivity contribution in [2.45, 2.75) is 13.5 Å². The molecule has 0 aliphatic rings. The number of rotatable bonds is 7. The second kappa shape index (κ2) is 7.57. The van der Waals surface area contributed by atoms with Crippen LogP contribution in [0.2, 0.25) is 5.15 Å². The maximum Gasteiger partial charge on any atom is 0.147 e. The van der Waals surface area contributed by atoms with Gasteiger partial charge in [-0.1, -0.05) is 11.6 Å². The SMILES string of the molecule is COCCOCOCc1cc(C)cc(Cl)n1. The fraction of sp³-hybridized carbons (Fsp3) is 0.545. The van der Waals surface area contributed by atoms with Crippen molar-refractivity contribution in [2.24, 2.45) is 0 Å². The van der Waals surface area contributed by atoms with Crippen molar-refractivity contribution in [2.75, 3.05) is 27.1 Å². The molecule has 0 fully saturated rings. The Morgan fingerprint density at radius 3 is 2.75 bits per heavy atom. The lowest BCUT2D eigenvalue weighted by atomic mass is 10.2. The maximum absolute atomic E-state index is 5.82. The van der Waals surface area contributed by atoms with Gasteiger partial charge in [-0.05, 0) is 24.6 Å². The number of nitrogens with zero attached hydrogens (tertiary/aromatic N) is 1. The molecule has 0 aliphatic heterocycles. The minimum absolute atomic E-state index is 0.233. The molecule has 1 aromatic heterocycles. The summed E-state index contributed by atoms with van der Waals surface area (Å²) < 4.78 is 15.3. The molecule has 0 amide bonds. The van der Waals surface area contributed by atoms with E-state index in [1.807, 2.05) is 13.0 Å². The average molecular weight is 246 g/mol. The minimum Gasteiger partial charge on any atom is -0.382 e.